The first-order chi connectivity index (χ1) is 20.8. The van der Waals surface area contributed by atoms with Crippen LogP contribution in [0, 0.1) is 11.3 Å². The number of alkyl halides is 2. The van der Waals surface area contributed by atoms with Crippen LogP contribution in [-0.2, 0) is 20.0 Å². The molecule has 3 amide bonds. The van der Waals surface area contributed by atoms with E-state index < -0.39 is 60.2 Å². The van der Waals surface area contributed by atoms with E-state index in [0.717, 1.165) is 0 Å². The lowest BCUT2D eigenvalue weighted by Gasteiger charge is -2.39. The van der Waals surface area contributed by atoms with E-state index in [1.165, 1.54) is 28.1 Å². The summed E-state index contributed by atoms with van der Waals surface area (Å²) in [4.78, 5) is 48.6. The molecule has 2 atom stereocenters. The Labute approximate surface area is 265 Å². The zero-order valence-corrected chi connectivity index (χ0v) is 24.8. The number of carbonyl (C=O) groups is 3. The zero-order valence-electron chi connectivity index (χ0n) is 24.0. The molecule has 236 valence electrons. The highest BCUT2D eigenvalue weighted by molar-refractivity contribution is 6.31. The number of amides is 3. The van der Waals surface area contributed by atoms with Crippen molar-refractivity contribution in [1.82, 2.24) is 10.3 Å². The average Bonchev–Trinajstić information content (AvgIpc) is 3.36. The number of nitrogens with zero attached hydrogens (tertiary/aromatic N) is 4. The largest absolute Gasteiger partial charge is 0.386 e. The van der Waals surface area contributed by atoms with Gasteiger partial charge in [-0.3, -0.25) is 24.2 Å². The Balaban J connectivity index is 0.00000461. The first-order valence-corrected chi connectivity index (χ1v) is 14.4. The number of hydrogen-bond donors (Lipinski definition) is 2. The van der Waals surface area contributed by atoms with Gasteiger partial charge in [0.05, 0.1) is 17.2 Å². The minimum absolute atomic E-state index is 0. The van der Waals surface area contributed by atoms with Crippen LogP contribution in [0.1, 0.15) is 69.7 Å². The maximum Gasteiger partial charge on any atom is 0.252 e. The van der Waals surface area contributed by atoms with Crippen LogP contribution in [0.15, 0.2) is 66.9 Å². The van der Waals surface area contributed by atoms with Crippen molar-refractivity contribution < 1.29 is 28.3 Å². The van der Waals surface area contributed by atoms with E-state index in [1.807, 2.05) is 6.07 Å². The second-order valence-electron chi connectivity index (χ2n) is 11.5. The standard InChI is InChI=1S/C32H30ClF2N5O4.CH4/c1-31(2,44)20-6-5-7-22(15-20)39(30(43)25-10-11-27(41)40(25)26-14-19(18-36)12-13-37-26)28(23-8-3-4-9-24(23)33)29(42)38-21-16-32(34,35)17-21;/h3-9,12-15,21,25,28,44H,10-11,16-17H2,1-2H3,(H,38,42);1H4/t25-,28-;/m0./s1. The minimum Gasteiger partial charge on any atom is -0.386 e. The third kappa shape index (κ3) is 6.97. The van der Waals surface area contributed by atoms with Crippen molar-refractivity contribution in [3.8, 4) is 6.07 Å². The highest BCUT2D eigenvalue weighted by Crippen LogP contribution is 2.40. The Hall–Kier alpha value is -4.40. The van der Waals surface area contributed by atoms with Crippen LogP contribution in [-0.4, -0.2) is 45.8 Å². The van der Waals surface area contributed by atoms with Crippen molar-refractivity contribution in [2.24, 2.45) is 0 Å². The van der Waals surface area contributed by atoms with Gasteiger partial charge in [-0.15, -0.1) is 0 Å². The van der Waals surface area contributed by atoms with Gasteiger partial charge in [-0.2, -0.15) is 5.26 Å². The number of pyridine rings is 1. The molecule has 1 aliphatic carbocycles. The number of nitrogens with one attached hydrogen (secondary N) is 1. The molecular weight excluding hydrogens is 604 g/mol. The minimum atomic E-state index is -2.90. The number of aliphatic hydroxyl groups is 1. The van der Waals surface area contributed by atoms with Gasteiger partial charge in [0.2, 0.25) is 11.8 Å². The molecule has 9 nitrogen and oxygen atoms in total. The average molecular weight is 638 g/mol. The fourth-order valence-electron chi connectivity index (χ4n) is 5.56. The number of aromatic nitrogens is 1. The lowest BCUT2D eigenvalue weighted by molar-refractivity contribution is -0.133. The molecule has 1 aliphatic heterocycles. The molecule has 0 radical (unpaired) electrons. The molecule has 1 saturated heterocycles. The van der Waals surface area contributed by atoms with Crippen LogP contribution >= 0.6 is 11.6 Å². The topological polar surface area (TPSA) is 127 Å². The van der Waals surface area contributed by atoms with Crippen molar-refractivity contribution in [3.63, 3.8) is 0 Å². The van der Waals surface area contributed by atoms with Crippen LogP contribution in [0.4, 0.5) is 20.3 Å². The van der Waals surface area contributed by atoms with Gasteiger partial charge in [0.1, 0.15) is 17.9 Å². The molecule has 0 spiro atoms. The van der Waals surface area contributed by atoms with Crippen LogP contribution < -0.4 is 15.1 Å². The van der Waals surface area contributed by atoms with Crippen molar-refractivity contribution >= 4 is 40.8 Å². The summed E-state index contributed by atoms with van der Waals surface area (Å²) in [5, 5.41) is 23.0. The van der Waals surface area contributed by atoms with Gasteiger partial charge in [-0.1, -0.05) is 49.4 Å². The summed E-state index contributed by atoms with van der Waals surface area (Å²) in [6.45, 7) is 3.14. The molecule has 45 heavy (non-hydrogen) atoms. The number of anilines is 2. The SMILES string of the molecule is C.CC(C)(O)c1cccc(N(C(=O)[C@@H]2CCC(=O)N2c2cc(C#N)ccn2)[C@H](C(=O)NC2CC(F)(F)C2)c2ccccc2Cl)c1. The molecule has 2 aromatic carbocycles. The Kier molecular flexibility index (Phi) is 9.61. The summed E-state index contributed by atoms with van der Waals surface area (Å²) in [6, 6.07) is 14.3. The van der Waals surface area contributed by atoms with Gasteiger partial charge in [0.25, 0.3) is 11.8 Å². The molecule has 0 unspecified atom stereocenters. The summed E-state index contributed by atoms with van der Waals surface area (Å²) >= 11 is 6.59. The monoisotopic (exact) mass is 637 g/mol. The normalized spacial score (nSPS) is 18.3. The van der Waals surface area contributed by atoms with Gasteiger partial charge in [-0.25, -0.2) is 13.8 Å². The maximum atomic E-state index is 14.7. The maximum absolute atomic E-state index is 14.7. The van der Waals surface area contributed by atoms with Crippen molar-refractivity contribution in [2.75, 3.05) is 9.80 Å². The Morgan fingerprint density at radius 2 is 1.89 bits per heavy atom. The second-order valence-corrected chi connectivity index (χ2v) is 12.0. The van der Waals surface area contributed by atoms with Gasteiger partial charge in [0.15, 0.2) is 0 Å². The van der Waals surface area contributed by atoms with Gasteiger partial charge >= 0.3 is 0 Å². The number of nitriles is 1. The molecule has 2 aliphatic rings. The first kappa shape index (κ1) is 33.5. The molecule has 12 heteroatoms. The summed E-state index contributed by atoms with van der Waals surface area (Å²) in [5.74, 6) is -4.59. The third-order valence-corrected chi connectivity index (χ3v) is 8.17. The van der Waals surface area contributed by atoms with Crippen LogP contribution in [0.5, 0.6) is 0 Å². The number of rotatable bonds is 8. The van der Waals surface area contributed by atoms with Gasteiger partial charge in [0, 0.05) is 47.8 Å². The summed E-state index contributed by atoms with van der Waals surface area (Å²) < 4.78 is 27.4. The van der Waals surface area contributed by atoms with Crippen LogP contribution in [0.2, 0.25) is 5.02 Å². The summed E-state index contributed by atoms with van der Waals surface area (Å²) in [7, 11) is 0. The van der Waals surface area contributed by atoms with Crippen molar-refractivity contribution in [2.45, 2.75) is 76.6 Å². The molecule has 2 fully saturated rings. The molecule has 3 aromatic rings. The lowest BCUT2D eigenvalue weighted by atomic mass is 9.87. The van der Waals surface area contributed by atoms with Crippen molar-refractivity contribution in [3.05, 3.63) is 88.6 Å². The molecule has 2 heterocycles. The van der Waals surface area contributed by atoms with E-state index in [4.69, 9.17) is 11.6 Å². The third-order valence-electron chi connectivity index (χ3n) is 7.83. The number of hydrogen-bond acceptors (Lipinski definition) is 6. The number of carbonyl (C=O) groups excluding carboxylic acids is 3. The molecule has 1 aromatic heterocycles. The molecular formula is C33H34ClF2N5O4. The molecule has 5 rings (SSSR count). The second kappa shape index (κ2) is 12.9. The van der Waals surface area contributed by atoms with E-state index in [9.17, 15) is 33.5 Å². The van der Waals surface area contributed by atoms with Crippen molar-refractivity contribution in [1.29, 1.82) is 5.26 Å². The molecule has 0 bridgehead atoms. The van der Waals surface area contributed by atoms with E-state index in [-0.39, 0.29) is 47.9 Å². The van der Waals surface area contributed by atoms with Crippen LogP contribution in [0.3, 0.4) is 0 Å². The fraction of sp³-hybridized carbons (Fsp3) is 0.364. The van der Waals surface area contributed by atoms with E-state index in [1.54, 1.807) is 62.4 Å². The predicted octanol–water partition coefficient (Wildman–Crippen LogP) is 5.65. The summed E-state index contributed by atoms with van der Waals surface area (Å²) in [6.07, 6.45) is 0.375. The Morgan fingerprint density at radius 1 is 1.18 bits per heavy atom. The van der Waals surface area contributed by atoms with E-state index in [2.05, 4.69) is 10.3 Å². The first-order valence-electron chi connectivity index (χ1n) is 14.1. The number of benzene rings is 2. The van der Waals surface area contributed by atoms with Gasteiger partial charge in [-0.05, 0) is 56.2 Å². The van der Waals surface area contributed by atoms with Gasteiger partial charge < -0.3 is 10.4 Å². The summed E-state index contributed by atoms with van der Waals surface area (Å²) in [5.41, 5.74) is -0.192. The highest BCUT2D eigenvalue weighted by Gasteiger charge is 2.48. The molecule has 1 saturated carbocycles. The van der Waals surface area contributed by atoms with E-state index in [0.29, 0.717) is 5.56 Å². The zero-order chi connectivity index (χ0) is 31.8. The smallest absolute Gasteiger partial charge is 0.252 e. The van der Waals surface area contributed by atoms with Crippen LogP contribution in [0.25, 0.3) is 0 Å². The molecule has 2 N–H and O–H groups in total. The fourth-order valence-corrected chi connectivity index (χ4v) is 5.80. The highest BCUT2D eigenvalue weighted by atomic mass is 35.5. The predicted molar refractivity (Wildman–Crippen MR) is 166 cm³/mol. The number of halogens is 3. The Morgan fingerprint density at radius 3 is 2.53 bits per heavy atom. The lowest BCUT2D eigenvalue weighted by Crippen LogP contribution is -2.56. The van der Waals surface area contributed by atoms with E-state index >= 15 is 0 Å². The quantitative estimate of drug-likeness (QED) is 0.329. The Bertz CT molecular complexity index is 1650.